The van der Waals surface area contributed by atoms with Gasteiger partial charge in [0.2, 0.25) is 5.91 Å². The Morgan fingerprint density at radius 1 is 1.50 bits per heavy atom. The zero-order valence-corrected chi connectivity index (χ0v) is 12.0. The first-order chi connectivity index (χ1) is 8.44. The maximum absolute atomic E-state index is 12.0. The minimum atomic E-state index is -0.0256. The Kier molecular flexibility index (Phi) is 6.09. The summed E-state index contributed by atoms with van der Waals surface area (Å²) in [5, 5.41) is 15.2. The van der Waals surface area contributed by atoms with E-state index >= 15 is 0 Å². The highest BCUT2D eigenvalue weighted by molar-refractivity contribution is 5.81. The number of carbonyl (C=O) groups excluding carboxylic acids is 1. The average Bonchev–Trinajstić information content (AvgIpc) is 2.34. The molecule has 1 aliphatic rings. The van der Waals surface area contributed by atoms with E-state index in [1.54, 1.807) is 0 Å². The molecule has 1 rings (SSSR count). The summed E-state index contributed by atoms with van der Waals surface area (Å²) in [6.45, 7) is 8.29. The SMILES string of the molecule is CC1CCNC(C(=O)NCC(C)(C)CCCO)C1. The summed E-state index contributed by atoms with van der Waals surface area (Å²) >= 11 is 0. The van der Waals surface area contributed by atoms with Crippen LogP contribution in [0, 0.1) is 11.3 Å². The van der Waals surface area contributed by atoms with Crippen LogP contribution in [0.1, 0.15) is 46.5 Å². The average molecular weight is 256 g/mol. The Balaban J connectivity index is 2.31. The number of nitrogens with one attached hydrogen (secondary N) is 2. The van der Waals surface area contributed by atoms with Crippen molar-refractivity contribution in [1.82, 2.24) is 10.6 Å². The molecule has 0 aromatic rings. The quantitative estimate of drug-likeness (QED) is 0.671. The lowest BCUT2D eigenvalue weighted by Crippen LogP contribution is -2.50. The van der Waals surface area contributed by atoms with Crippen LogP contribution < -0.4 is 10.6 Å². The first kappa shape index (κ1) is 15.4. The van der Waals surface area contributed by atoms with Gasteiger partial charge in [-0.3, -0.25) is 4.79 Å². The zero-order chi connectivity index (χ0) is 13.6. The van der Waals surface area contributed by atoms with Gasteiger partial charge in [0, 0.05) is 13.2 Å². The van der Waals surface area contributed by atoms with E-state index in [1.807, 2.05) is 0 Å². The van der Waals surface area contributed by atoms with Crippen molar-refractivity contribution in [3.8, 4) is 0 Å². The highest BCUT2D eigenvalue weighted by Crippen LogP contribution is 2.21. The molecule has 0 spiro atoms. The van der Waals surface area contributed by atoms with E-state index in [-0.39, 0.29) is 24.0 Å². The Hall–Kier alpha value is -0.610. The summed E-state index contributed by atoms with van der Waals surface area (Å²) in [4.78, 5) is 12.0. The fourth-order valence-electron chi connectivity index (χ4n) is 2.40. The summed E-state index contributed by atoms with van der Waals surface area (Å²) in [6, 6.07) is -0.0256. The summed E-state index contributed by atoms with van der Waals surface area (Å²) in [5.41, 5.74) is 0.0542. The highest BCUT2D eigenvalue weighted by atomic mass is 16.2. The summed E-state index contributed by atoms with van der Waals surface area (Å²) in [7, 11) is 0. The van der Waals surface area contributed by atoms with Crippen molar-refractivity contribution in [1.29, 1.82) is 0 Å². The number of rotatable bonds is 6. The van der Waals surface area contributed by atoms with E-state index in [0.717, 1.165) is 32.2 Å². The molecule has 1 aliphatic heterocycles. The van der Waals surface area contributed by atoms with Crippen LogP contribution in [-0.4, -0.2) is 36.8 Å². The normalized spacial score (nSPS) is 24.9. The molecule has 0 aliphatic carbocycles. The largest absolute Gasteiger partial charge is 0.396 e. The number of amides is 1. The number of aliphatic hydroxyl groups is 1. The molecule has 0 saturated carbocycles. The minimum absolute atomic E-state index is 0.0256. The molecule has 2 atom stereocenters. The van der Waals surface area contributed by atoms with Gasteiger partial charge in [-0.15, -0.1) is 0 Å². The molecule has 4 heteroatoms. The van der Waals surface area contributed by atoms with Crippen LogP contribution in [0.5, 0.6) is 0 Å². The molecule has 1 amide bonds. The first-order valence-corrected chi connectivity index (χ1v) is 7.06. The molecular weight excluding hydrogens is 228 g/mol. The number of hydrogen-bond acceptors (Lipinski definition) is 3. The van der Waals surface area contributed by atoms with Crippen LogP contribution in [0.4, 0.5) is 0 Å². The predicted molar refractivity (Wildman–Crippen MR) is 73.3 cm³/mol. The lowest BCUT2D eigenvalue weighted by atomic mass is 9.87. The second-order valence-corrected chi connectivity index (χ2v) is 6.35. The van der Waals surface area contributed by atoms with Gasteiger partial charge >= 0.3 is 0 Å². The van der Waals surface area contributed by atoms with Gasteiger partial charge in [-0.25, -0.2) is 0 Å². The zero-order valence-electron chi connectivity index (χ0n) is 12.0. The van der Waals surface area contributed by atoms with Crippen LogP contribution in [-0.2, 0) is 4.79 Å². The van der Waals surface area contributed by atoms with E-state index in [1.165, 1.54) is 0 Å². The third-order valence-electron chi connectivity index (χ3n) is 3.74. The monoisotopic (exact) mass is 256 g/mol. The molecule has 0 aromatic carbocycles. The van der Waals surface area contributed by atoms with Gasteiger partial charge < -0.3 is 15.7 Å². The van der Waals surface area contributed by atoms with Crippen LogP contribution >= 0.6 is 0 Å². The Labute approximate surface area is 111 Å². The van der Waals surface area contributed by atoms with Crippen molar-refractivity contribution in [2.45, 2.75) is 52.5 Å². The van der Waals surface area contributed by atoms with E-state index < -0.39 is 0 Å². The fourth-order valence-corrected chi connectivity index (χ4v) is 2.40. The lowest BCUT2D eigenvalue weighted by molar-refractivity contribution is -0.124. The van der Waals surface area contributed by atoms with Crippen LogP contribution in [0.2, 0.25) is 0 Å². The van der Waals surface area contributed by atoms with Gasteiger partial charge in [0.05, 0.1) is 6.04 Å². The van der Waals surface area contributed by atoms with Crippen LogP contribution in [0.15, 0.2) is 0 Å². The number of piperidine rings is 1. The molecule has 106 valence electrons. The maximum Gasteiger partial charge on any atom is 0.237 e. The van der Waals surface area contributed by atoms with Gasteiger partial charge in [0.25, 0.3) is 0 Å². The van der Waals surface area contributed by atoms with Gasteiger partial charge in [-0.1, -0.05) is 20.8 Å². The number of aliphatic hydroxyl groups excluding tert-OH is 1. The Morgan fingerprint density at radius 2 is 2.22 bits per heavy atom. The van der Waals surface area contributed by atoms with E-state index in [2.05, 4.69) is 31.4 Å². The van der Waals surface area contributed by atoms with Gasteiger partial charge in [-0.05, 0) is 43.6 Å². The van der Waals surface area contributed by atoms with Gasteiger partial charge in [0.1, 0.15) is 0 Å². The molecule has 18 heavy (non-hydrogen) atoms. The van der Waals surface area contributed by atoms with Crippen molar-refractivity contribution in [3.05, 3.63) is 0 Å². The van der Waals surface area contributed by atoms with Gasteiger partial charge in [-0.2, -0.15) is 0 Å². The molecule has 3 N–H and O–H groups in total. The molecule has 4 nitrogen and oxygen atoms in total. The van der Waals surface area contributed by atoms with Crippen molar-refractivity contribution in [3.63, 3.8) is 0 Å². The van der Waals surface area contributed by atoms with Crippen LogP contribution in [0.25, 0.3) is 0 Å². The van der Waals surface area contributed by atoms with Crippen molar-refractivity contribution >= 4 is 5.91 Å². The molecule has 2 unspecified atom stereocenters. The van der Waals surface area contributed by atoms with E-state index in [4.69, 9.17) is 5.11 Å². The van der Waals surface area contributed by atoms with Crippen molar-refractivity contribution in [2.75, 3.05) is 19.7 Å². The topological polar surface area (TPSA) is 61.4 Å². The van der Waals surface area contributed by atoms with Crippen molar-refractivity contribution < 1.29 is 9.90 Å². The fraction of sp³-hybridized carbons (Fsp3) is 0.929. The van der Waals surface area contributed by atoms with Gasteiger partial charge in [0.15, 0.2) is 0 Å². The molecule has 0 aromatic heterocycles. The summed E-state index contributed by atoms with van der Waals surface area (Å²) in [5.74, 6) is 0.753. The Bertz CT molecular complexity index is 267. The second-order valence-electron chi connectivity index (χ2n) is 6.35. The molecule has 0 bridgehead atoms. The maximum atomic E-state index is 12.0. The smallest absolute Gasteiger partial charge is 0.237 e. The molecule has 1 fully saturated rings. The highest BCUT2D eigenvalue weighted by Gasteiger charge is 2.26. The molecular formula is C14H28N2O2. The van der Waals surface area contributed by atoms with Crippen LogP contribution in [0.3, 0.4) is 0 Å². The molecule has 1 heterocycles. The molecule has 0 radical (unpaired) electrons. The number of carbonyl (C=O) groups is 1. The summed E-state index contributed by atoms with van der Waals surface area (Å²) in [6.07, 6.45) is 3.81. The lowest BCUT2D eigenvalue weighted by Gasteiger charge is -2.30. The standard InChI is InChI=1S/C14H28N2O2/c1-11-5-7-15-12(9-11)13(18)16-10-14(2,3)6-4-8-17/h11-12,15,17H,4-10H2,1-3H3,(H,16,18). The third kappa shape index (κ3) is 5.36. The Morgan fingerprint density at radius 3 is 2.83 bits per heavy atom. The first-order valence-electron chi connectivity index (χ1n) is 7.06. The summed E-state index contributed by atoms with van der Waals surface area (Å²) < 4.78 is 0. The van der Waals surface area contributed by atoms with E-state index in [9.17, 15) is 4.79 Å². The van der Waals surface area contributed by atoms with Crippen molar-refractivity contribution in [2.24, 2.45) is 11.3 Å². The molecule has 1 saturated heterocycles. The predicted octanol–water partition coefficient (Wildman–Crippen LogP) is 1.29. The third-order valence-corrected chi connectivity index (χ3v) is 3.74. The van der Waals surface area contributed by atoms with E-state index in [0.29, 0.717) is 12.5 Å². The minimum Gasteiger partial charge on any atom is -0.396 e. The second kappa shape index (κ2) is 7.10. The number of hydrogen-bond donors (Lipinski definition) is 3.